The van der Waals surface area contributed by atoms with Gasteiger partial charge < -0.3 is 25.8 Å². The number of rotatable bonds is 1. The summed E-state index contributed by atoms with van der Waals surface area (Å²) in [6, 6.07) is 2.98. The number of nitrogens with two attached hydrogens (primary N) is 1. The number of aliphatic hydroxyl groups excluding tert-OH is 2. The van der Waals surface area contributed by atoms with E-state index in [-0.39, 0.29) is 63.2 Å². The van der Waals surface area contributed by atoms with Crippen molar-refractivity contribution < 1.29 is 29.6 Å². The fourth-order valence-electron chi connectivity index (χ4n) is 4.15. The van der Waals surface area contributed by atoms with Gasteiger partial charge in [-0.3, -0.25) is 9.59 Å². The highest BCUT2D eigenvalue weighted by molar-refractivity contribution is 6.32. The first-order valence-corrected chi connectivity index (χ1v) is 8.62. The van der Waals surface area contributed by atoms with Gasteiger partial charge in [-0.15, -0.1) is 6.42 Å². The maximum absolute atomic E-state index is 13.3. The molecule has 5 N–H and O–H groups in total. The summed E-state index contributed by atoms with van der Waals surface area (Å²) in [7, 11) is 1.36. The number of aliphatic hydroxyl groups is 2. The second-order valence-electron chi connectivity index (χ2n) is 6.88. The smallest absolute Gasteiger partial charge is 0.200 e. The van der Waals surface area contributed by atoms with Gasteiger partial charge in [0, 0.05) is 35.2 Å². The molecule has 0 spiro atoms. The van der Waals surface area contributed by atoms with Gasteiger partial charge in [-0.05, 0) is 12.1 Å². The van der Waals surface area contributed by atoms with Crippen molar-refractivity contribution in [3.8, 4) is 23.8 Å². The molecule has 2 atom stereocenters. The van der Waals surface area contributed by atoms with E-state index in [2.05, 4.69) is 5.92 Å². The lowest BCUT2D eigenvalue weighted by molar-refractivity contribution is 0.0676. The lowest BCUT2D eigenvalue weighted by atomic mass is 9.75. The van der Waals surface area contributed by atoms with Crippen LogP contribution in [0.5, 0.6) is 11.5 Å². The first kappa shape index (κ1) is 18.0. The molecule has 2 aromatic rings. The summed E-state index contributed by atoms with van der Waals surface area (Å²) < 4.78 is 5.24. The molecule has 0 aromatic heterocycles. The Hall–Kier alpha value is -3.34. The number of fused-ring (bicyclic) bond motifs is 3. The first-order valence-electron chi connectivity index (χ1n) is 8.62. The molecule has 0 fully saturated rings. The van der Waals surface area contributed by atoms with E-state index in [1.165, 1.54) is 19.2 Å². The Morgan fingerprint density at radius 3 is 2.46 bits per heavy atom. The molecular weight excluding hydrogens is 362 g/mol. The summed E-state index contributed by atoms with van der Waals surface area (Å²) in [5.41, 5.74) is 6.12. The lowest BCUT2D eigenvalue weighted by Gasteiger charge is -2.31. The van der Waals surface area contributed by atoms with Crippen molar-refractivity contribution in [2.24, 2.45) is 0 Å². The molecule has 0 aliphatic heterocycles. The molecule has 142 valence electrons. The standard InChI is InChI=1S/C21H17NO6/c1-3-8-4-5-12(28-2)15-13(8)20(26)17-16(21(15)27)18(22)14-10(19(17)25)6-9(23)7-11(14)24/h1,4-5,9,11,23-25H,6-7,22H2,2H3/t9-,11+/m0/s1. The zero-order valence-corrected chi connectivity index (χ0v) is 14.9. The average Bonchev–Trinajstić information content (AvgIpc) is 2.66. The van der Waals surface area contributed by atoms with Crippen molar-refractivity contribution in [1.82, 2.24) is 0 Å². The number of anilines is 1. The summed E-state index contributed by atoms with van der Waals surface area (Å²) in [6.45, 7) is 0. The number of aromatic hydroxyl groups is 1. The number of carbonyl (C=O) groups is 2. The van der Waals surface area contributed by atoms with Crippen LogP contribution in [0.3, 0.4) is 0 Å². The van der Waals surface area contributed by atoms with Gasteiger partial charge in [0.05, 0.1) is 41.6 Å². The fourth-order valence-corrected chi connectivity index (χ4v) is 4.15. The van der Waals surface area contributed by atoms with E-state index in [4.69, 9.17) is 16.9 Å². The van der Waals surface area contributed by atoms with Gasteiger partial charge in [-0.1, -0.05) is 5.92 Å². The Kier molecular flexibility index (Phi) is 3.93. The van der Waals surface area contributed by atoms with Gasteiger partial charge in [0.15, 0.2) is 5.78 Å². The largest absolute Gasteiger partial charge is 0.507 e. The number of phenols is 1. The van der Waals surface area contributed by atoms with E-state index in [0.29, 0.717) is 0 Å². The quantitative estimate of drug-likeness (QED) is 0.283. The van der Waals surface area contributed by atoms with Crippen LogP contribution < -0.4 is 10.5 Å². The Labute approximate surface area is 160 Å². The van der Waals surface area contributed by atoms with Gasteiger partial charge in [0.1, 0.15) is 11.5 Å². The molecule has 4 rings (SSSR count). The summed E-state index contributed by atoms with van der Waals surface area (Å²) in [6.07, 6.45) is 3.44. The molecule has 2 aromatic carbocycles. The van der Waals surface area contributed by atoms with Crippen molar-refractivity contribution in [3.05, 3.63) is 51.1 Å². The number of ketones is 2. The number of nitrogen functional groups attached to an aromatic ring is 1. The number of hydrogen-bond donors (Lipinski definition) is 4. The van der Waals surface area contributed by atoms with E-state index in [0.717, 1.165) is 0 Å². The van der Waals surface area contributed by atoms with Crippen LogP contribution in [0, 0.1) is 12.3 Å². The molecule has 0 radical (unpaired) electrons. The van der Waals surface area contributed by atoms with Gasteiger partial charge in [-0.2, -0.15) is 0 Å². The summed E-state index contributed by atoms with van der Waals surface area (Å²) >= 11 is 0. The van der Waals surface area contributed by atoms with Crippen molar-refractivity contribution in [1.29, 1.82) is 0 Å². The Morgan fingerprint density at radius 1 is 1.14 bits per heavy atom. The molecule has 7 nitrogen and oxygen atoms in total. The van der Waals surface area contributed by atoms with E-state index in [9.17, 15) is 24.9 Å². The predicted octanol–water partition coefficient (Wildman–Crippen LogP) is 1.08. The lowest BCUT2D eigenvalue weighted by Crippen LogP contribution is -2.30. The van der Waals surface area contributed by atoms with Crippen LogP contribution in [-0.4, -0.2) is 40.1 Å². The number of terminal acetylenes is 1. The zero-order valence-electron chi connectivity index (χ0n) is 14.9. The van der Waals surface area contributed by atoms with Crippen LogP contribution >= 0.6 is 0 Å². The first-order chi connectivity index (χ1) is 13.3. The molecule has 28 heavy (non-hydrogen) atoms. The zero-order chi connectivity index (χ0) is 20.3. The highest BCUT2D eigenvalue weighted by Gasteiger charge is 2.42. The SMILES string of the molecule is C#Cc1ccc(OC)c2c1C(=O)c1c(O)c3c(c(N)c1C2=O)[C@H](O)C[C@@H](O)C3. The van der Waals surface area contributed by atoms with Gasteiger partial charge in [-0.25, -0.2) is 0 Å². The van der Waals surface area contributed by atoms with Crippen LogP contribution in [0.25, 0.3) is 0 Å². The van der Waals surface area contributed by atoms with E-state index in [1.807, 2.05) is 0 Å². The maximum Gasteiger partial charge on any atom is 0.200 e. The third-order valence-corrected chi connectivity index (χ3v) is 5.38. The number of ether oxygens (including phenoxy) is 1. The third-order valence-electron chi connectivity index (χ3n) is 5.38. The number of methoxy groups -OCH3 is 1. The van der Waals surface area contributed by atoms with Crippen molar-refractivity contribution in [3.63, 3.8) is 0 Å². The van der Waals surface area contributed by atoms with E-state index >= 15 is 0 Å². The molecule has 0 saturated carbocycles. The Morgan fingerprint density at radius 2 is 1.82 bits per heavy atom. The molecule has 2 aliphatic carbocycles. The van der Waals surface area contributed by atoms with Crippen LogP contribution in [0.4, 0.5) is 5.69 Å². The van der Waals surface area contributed by atoms with Crippen LogP contribution in [-0.2, 0) is 6.42 Å². The normalized spacial score (nSPS) is 20.1. The maximum atomic E-state index is 13.3. The van der Waals surface area contributed by atoms with Gasteiger partial charge >= 0.3 is 0 Å². The van der Waals surface area contributed by atoms with Crippen molar-refractivity contribution >= 4 is 17.3 Å². The van der Waals surface area contributed by atoms with Crippen LogP contribution in [0.1, 0.15) is 61.1 Å². The minimum Gasteiger partial charge on any atom is -0.507 e. The minimum absolute atomic E-state index is 0.00411. The predicted molar refractivity (Wildman–Crippen MR) is 99.6 cm³/mol. The fraction of sp³-hybridized carbons (Fsp3) is 0.238. The average molecular weight is 379 g/mol. The third kappa shape index (κ3) is 2.19. The summed E-state index contributed by atoms with van der Waals surface area (Å²) in [5, 5.41) is 31.1. The Bertz CT molecular complexity index is 1110. The summed E-state index contributed by atoms with van der Waals surface area (Å²) in [4.78, 5) is 26.6. The van der Waals surface area contributed by atoms with E-state index in [1.54, 1.807) is 0 Å². The van der Waals surface area contributed by atoms with Crippen molar-refractivity contribution in [2.75, 3.05) is 12.8 Å². The number of benzene rings is 2. The molecule has 0 unspecified atom stereocenters. The van der Waals surface area contributed by atoms with Crippen LogP contribution in [0.2, 0.25) is 0 Å². The number of carbonyl (C=O) groups excluding carboxylic acids is 2. The summed E-state index contributed by atoms with van der Waals surface area (Å²) in [5.74, 6) is 0.797. The second kappa shape index (κ2) is 6.09. The van der Waals surface area contributed by atoms with Gasteiger partial charge in [0.25, 0.3) is 0 Å². The molecule has 0 saturated heterocycles. The molecule has 0 bridgehead atoms. The molecular formula is C21H17NO6. The number of hydrogen-bond acceptors (Lipinski definition) is 7. The van der Waals surface area contributed by atoms with Gasteiger partial charge in [0.2, 0.25) is 5.78 Å². The highest BCUT2D eigenvalue weighted by Crippen LogP contribution is 2.47. The molecule has 0 heterocycles. The molecule has 2 aliphatic rings. The Balaban J connectivity index is 2.11. The van der Waals surface area contributed by atoms with Crippen LogP contribution in [0.15, 0.2) is 12.1 Å². The number of phenolic OH excluding ortho intramolecular Hbond substituents is 1. The molecule has 0 amide bonds. The highest BCUT2D eigenvalue weighted by atomic mass is 16.5. The second-order valence-corrected chi connectivity index (χ2v) is 6.88. The topological polar surface area (TPSA) is 130 Å². The van der Waals surface area contributed by atoms with E-state index < -0.39 is 29.5 Å². The molecule has 7 heteroatoms. The minimum atomic E-state index is -1.17. The monoisotopic (exact) mass is 379 g/mol. The van der Waals surface area contributed by atoms with Crippen molar-refractivity contribution in [2.45, 2.75) is 25.0 Å².